The van der Waals surface area contributed by atoms with E-state index in [9.17, 15) is 4.79 Å². The van der Waals surface area contributed by atoms with Crippen LogP contribution in [0.5, 0.6) is 11.5 Å². The minimum Gasteiger partial charge on any atom is -0.493 e. The van der Waals surface area contributed by atoms with Crippen molar-refractivity contribution >= 4 is 22.9 Å². The Morgan fingerprint density at radius 1 is 0.825 bits per heavy atom. The number of amides is 1. The van der Waals surface area contributed by atoms with Gasteiger partial charge in [-0.05, 0) is 36.2 Å². The molecular weight excluding hydrogens is 516 g/mol. The number of rotatable bonds is 20. The molecule has 0 spiro atoms. The number of methoxy groups -OCH3 is 1. The molecule has 5 nitrogen and oxygen atoms in total. The molecule has 1 heterocycles. The number of thiazole rings is 1. The number of aryl methyl sites for hydroxylation is 1. The zero-order chi connectivity index (χ0) is 28.4. The molecule has 0 saturated carbocycles. The maximum atomic E-state index is 12.7. The minimum absolute atomic E-state index is 0.0528. The van der Waals surface area contributed by atoms with Crippen molar-refractivity contribution in [1.29, 1.82) is 0 Å². The van der Waals surface area contributed by atoms with Crippen molar-refractivity contribution in [2.45, 2.75) is 104 Å². The Hall–Kier alpha value is -2.86. The number of hydrogen-bond donors (Lipinski definition) is 1. The fraction of sp³-hybridized carbons (Fsp3) is 0.529. The quantitative estimate of drug-likeness (QED) is 0.110. The van der Waals surface area contributed by atoms with Crippen molar-refractivity contribution in [3.63, 3.8) is 0 Å². The van der Waals surface area contributed by atoms with Gasteiger partial charge in [-0.25, -0.2) is 0 Å². The molecule has 1 aromatic heterocycles. The third kappa shape index (κ3) is 11.7. The van der Waals surface area contributed by atoms with Crippen LogP contribution in [-0.4, -0.2) is 19.6 Å². The highest BCUT2D eigenvalue weighted by atomic mass is 32.1. The van der Waals surface area contributed by atoms with Gasteiger partial charge in [-0.3, -0.25) is 4.79 Å². The van der Waals surface area contributed by atoms with Gasteiger partial charge < -0.3 is 14.8 Å². The normalized spacial score (nSPS) is 11.0. The summed E-state index contributed by atoms with van der Waals surface area (Å²) in [6, 6.07) is 13.8. The summed E-state index contributed by atoms with van der Waals surface area (Å²) in [5, 5.41) is 6.37. The second-order valence-electron chi connectivity index (χ2n) is 10.7. The number of benzene rings is 2. The monoisotopic (exact) mass is 565 g/mol. The summed E-state index contributed by atoms with van der Waals surface area (Å²) in [5.74, 6) is 1.36. The number of carbonyl (C=O) groups excluding carboxylic acids is 1. The lowest BCUT2D eigenvalue weighted by atomic mass is 10.1. The van der Waals surface area contributed by atoms with Crippen molar-refractivity contribution in [2.75, 3.05) is 19.0 Å². The van der Waals surface area contributed by atoms with E-state index in [0.29, 0.717) is 12.4 Å². The zero-order valence-electron chi connectivity index (χ0n) is 24.9. The van der Waals surface area contributed by atoms with E-state index in [1.807, 2.05) is 30.3 Å². The fourth-order valence-electron chi connectivity index (χ4n) is 4.89. The maximum Gasteiger partial charge on any atom is 0.234 e. The second-order valence-corrected chi connectivity index (χ2v) is 11.8. The molecule has 0 saturated heterocycles. The van der Waals surface area contributed by atoms with E-state index in [1.165, 1.54) is 81.2 Å². The Kier molecular flexibility index (Phi) is 14.6. The molecule has 0 fully saturated rings. The van der Waals surface area contributed by atoms with Crippen LogP contribution in [0.2, 0.25) is 0 Å². The molecule has 0 radical (unpaired) electrons. The molecule has 218 valence electrons. The van der Waals surface area contributed by atoms with Gasteiger partial charge in [0.1, 0.15) is 0 Å². The van der Waals surface area contributed by atoms with Crippen LogP contribution < -0.4 is 19.4 Å². The first kappa shape index (κ1) is 31.7. The van der Waals surface area contributed by atoms with Crippen LogP contribution >= 0.6 is 11.3 Å². The molecule has 3 rings (SSSR count). The Bertz CT molecular complexity index is 1130. The van der Waals surface area contributed by atoms with E-state index >= 15 is 0 Å². The Morgan fingerprint density at radius 3 is 2.05 bits per heavy atom. The topological polar surface area (TPSA) is 51.4 Å². The van der Waals surface area contributed by atoms with E-state index in [1.54, 1.807) is 18.4 Å². The maximum absolute atomic E-state index is 12.7. The molecule has 0 aliphatic carbocycles. The lowest BCUT2D eigenvalue weighted by molar-refractivity contribution is -0.689. The van der Waals surface area contributed by atoms with Crippen molar-refractivity contribution in [3.05, 3.63) is 70.2 Å². The van der Waals surface area contributed by atoms with Gasteiger partial charge in [0.25, 0.3) is 0 Å². The highest BCUT2D eigenvalue weighted by Gasteiger charge is 2.11. The van der Waals surface area contributed by atoms with Gasteiger partial charge in [0.2, 0.25) is 10.9 Å². The van der Waals surface area contributed by atoms with Crippen LogP contribution in [0, 0.1) is 6.92 Å². The number of carbonyl (C=O) groups is 1. The molecule has 1 N–H and O–H groups in total. The van der Waals surface area contributed by atoms with Crippen LogP contribution in [-0.2, 0) is 17.8 Å². The van der Waals surface area contributed by atoms with Crippen molar-refractivity contribution in [2.24, 2.45) is 0 Å². The van der Waals surface area contributed by atoms with Gasteiger partial charge in [0.05, 0.1) is 25.5 Å². The standard InChI is InChI=1S/C34H48N2O3S/c1-4-5-6-7-8-9-10-11-12-13-14-15-23-39-32-21-18-30(25-33(32)38-3)26-34(37)35-31-19-16-29(17-20-31)27-36-22-24-40-28(36)2/h16-22,24-25H,4-15,23,26-27H2,1-3H3/p+1. The molecule has 6 heteroatoms. The van der Waals surface area contributed by atoms with Crippen LogP contribution in [0.4, 0.5) is 5.69 Å². The number of anilines is 1. The van der Waals surface area contributed by atoms with Crippen LogP contribution in [0.3, 0.4) is 0 Å². The van der Waals surface area contributed by atoms with E-state index in [2.05, 4.69) is 47.4 Å². The van der Waals surface area contributed by atoms with Crippen molar-refractivity contribution in [3.8, 4) is 11.5 Å². The van der Waals surface area contributed by atoms with Gasteiger partial charge >= 0.3 is 0 Å². The minimum atomic E-state index is -0.0528. The Labute approximate surface area is 245 Å². The molecule has 0 atom stereocenters. The third-order valence-corrected chi connectivity index (χ3v) is 8.16. The number of ether oxygens (including phenoxy) is 2. The fourth-order valence-corrected chi connectivity index (χ4v) is 5.55. The number of hydrogen-bond acceptors (Lipinski definition) is 4. The SMILES string of the molecule is CCCCCCCCCCCCCCOc1ccc(CC(=O)Nc2ccc(C[n+]3ccsc3C)cc2)cc1OC. The van der Waals surface area contributed by atoms with Gasteiger partial charge in [-0.15, -0.1) is 0 Å². The summed E-state index contributed by atoms with van der Waals surface area (Å²) in [7, 11) is 1.65. The molecule has 3 aromatic rings. The Balaban J connectivity index is 1.32. The molecule has 40 heavy (non-hydrogen) atoms. The smallest absolute Gasteiger partial charge is 0.234 e. The molecule has 2 aromatic carbocycles. The predicted molar refractivity (Wildman–Crippen MR) is 167 cm³/mol. The summed E-state index contributed by atoms with van der Waals surface area (Å²) >= 11 is 1.74. The molecule has 0 unspecified atom stereocenters. The first-order chi connectivity index (χ1) is 19.6. The number of aromatic nitrogens is 1. The van der Waals surface area contributed by atoms with Gasteiger partial charge in [-0.2, -0.15) is 4.57 Å². The lowest BCUT2D eigenvalue weighted by Gasteiger charge is -2.12. The molecule has 0 aliphatic heterocycles. The van der Waals surface area contributed by atoms with Crippen molar-refractivity contribution < 1.29 is 18.8 Å². The van der Waals surface area contributed by atoms with Crippen LogP contribution in [0.1, 0.15) is 100 Å². The summed E-state index contributed by atoms with van der Waals surface area (Å²) in [4.78, 5) is 12.7. The lowest BCUT2D eigenvalue weighted by Crippen LogP contribution is -2.34. The zero-order valence-corrected chi connectivity index (χ0v) is 25.7. The Morgan fingerprint density at radius 2 is 1.45 bits per heavy atom. The largest absolute Gasteiger partial charge is 0.493 e. The molecule has 1 amide bonds. The number of nitrogens with one attached hydrogen (secondary N) is 1. The van der Waals surface area contributed by atoms with Gasteiger partial charge in [-0.1, -0.05) is 107 Å². The summed E-state index contributed by atoms with van der Waals surface area (Å²) < 4.78 is 13.8. The average Bonchev–Trinajstić information content (AvgIpc) is 3.36. The van der Waals surface area contributed by atoms with E-state index in [-0.39, 0.29) is 12.3 Å². The summed E-state index contributed by atoms with van der Waals surface area (Å²) in [6.45, 7) is 5.91. The molecule has 0 aliphatic rings. The summed E-state index contributed by atoms with van der Waals surface area (Å²) in [6.07, 6.45) is 18.3. The van der Waals surface area contributed by atoms with Gasteiger partial charge in [0, 0.05) is 18.2 Å². The number of nitrogens with zero attached hydrogens (tertiary/aromatic N) is 1. The highest BCUT2D eigenvalue weighted by Crippen LogP contribution is 2.29. The molecular formula is C34H49N2O3S+. The first-order valence-corrected chi connectivity index (χ1v) is 16.1. The first-order valence-electron chi connectivity index (χ1n) is 15.2. The van der Waals surface area contributed by atoms with Gasteiger partial charge in [0.15, 0.2) is 24.2 Å². The van der Waals surface area contributed by atoms with E-state index in [4.69, 9.17) is 9.47 Å². The van der Waals surface area contributed by atoms with E-state index < -0.39 is 0 Å². The third-order valence-electron chi connectivity index (χ3n) is 7.32. The van der Waals surface area contributed by atoms with Crippen molar-refractivity contribution in [1.82, 2.24) is 0 Å². The van der Waals surface area contributed by atoms with Crippen LogP contribution in [0.15, 0.2) is 54.0 Å². The van der Waals surface area contributed by atoms with Crippen LogP contribution in [0.25, 0.3) is 0 Å². The summed E-state index contributed by atoms with van der Waals surface area (Å²) in [5.41, 5.74) is 2.90. The predicted octanol–water partition coefficient (Wildman–Crippen LogP) is 8.66. The number of unbranched alkanes of at least 4 members (excludes halogenated alkanes) is 11. The van der Waals surface area contributed by atoms with E-state index in [0.717, 1.165) is 30.0 Å². The molecule has 0 bridgehead atoms. The average molecular weight is 566 g/mol. The second kappa shape index (κ2) is 18.5. The highest BCUT2D eigenvalue weighted by molar-refractivity contribution is 7.09.